The monoisotopic (exact) mass is 484 g/mol. The fourth-order valence-electron chi connectivity index (χ4n) is 4.11. The lowest BCUT2D eigenvalue weighted by molar-refractivity contribution is -0.143. The first-order valence-electron chi connectivity index (χ1n) is 15.0. The summed E-state index contributed by atoms with van der Waals surface area (Å²) in [5, 5.41) is 8.46. The number of unbranched alkanes of at least 4 members (excludes halogenated alkanes) is 20. The number of carboxylic acid groups (broad SMARTS) is 1. The number of carbonyl (C=O) groups excluding carboxylic acids is 1. The zero-order chi connectivity index (χ0) is 25.5. The minimum atomic E-state index is -0.657. The molecule has 0 aliphatic heterocycles. The van der Waals surface area contributed by atoms with E-state index in [1.165, 1.54) is 122 Å². The van der Waals surface area contributed by atoms with Gasteiger partial charge in [0.1, 0.15) is 0 Å². The molecule has 4 nitrogen and oxygen atoms in total. The highest BCUT2D eigenvalue weighted by atomic mass is 16.5. The Labute approximate surface area is 213 Å². The first-order valence-corrected chi connectivity index (χ1v) is 15.0. The van der Waals surface area contributed by atoms with Crippen LogP contribution in [0.5, 0.6) is 0 Å². The summed E-state index contributed by atoms with van der Waals surface area (Å²) in [7, 11) is 0. The molecule has 0 fully saturated rings. The molecule has 0 aromatic carbocycles. The Morgan fingerprint density at radius 1 is 0.471 bits per heavy atom. The lowest BCUT2D eigenvalue weighted by Gasteiger charge is -2.03. The smallest absolute Gasteiger partial charge is 0.305 e. The molecule has 0 radical (unpaired) electrons. The Hall–Kier alpha value is -1.06. The fourth-order valence-corrected chi connectivity index (χ4v) is 4.11. The molecule has 0 aromatic rings. The highest BCUT2D eigenvalue weighted by molar-refractivity contribution is 5.69. The second kappa shape index (κ2) is 31.9. The highest BCUT2D eigenvalue weighted by Crippen LogP contribution is 2.13. The van der Waals surface area contributed by atoms with Crippen molar-refractivity contribution in [1.82, 2.24) is 0 Å². The summed E-state index contributed by atoms with van der Waals surface area (Å²) in [6, 6.07) is 0. The molecule has 0 heterocycles. The minimum absolute atomic E-state index is 0.0339. The minimum Gasteiger partial charge on any atom is -0.481 e. The number of carboxylic acids is 1. The molecule has 0 aliphatic rings. The zero-order valence-electron chi connectivity index (χ0n) is 23.3. The van der Waals surface area contributed by atoms with E-state index in [9.17, 15) is 9.59 Å². The third kappa shape index (κ3) is 35.5. The Balaban J connectivity index is 0. The van der Waals surface area contributed by atoms with Crippen LogP contribution in [0.15, 0.2) is 0 Å². The van der Waals surface area contributed by atoms with Crippen molar-refractivity contribution in [3.8, 4) is 0 Å². The third-order valence-electron chi connectivity index (χ3n) is 6.28. The summed E-state index contributed by atoms with van der Waals surface area (Å²) < 4.78 is 4.89. The number of hydrogen-bond acceptors (Lipinski definition) is 3. The zero-order valence-corrected chi connectivity index (χ0v) is 23.3. The lowest BCUT2D eigenvalue weighted by atomic mass is 10.1. The van der Waals surface area contributed by atoms with Gasteiger partial charge in [-0.3, -0.25) is 9.59 Å². The Bertz CT molecular complexity index is 409. The molecular formula is C30H60O4. The van der Waals surface area contributed by atoms with E-state index in [1.807, 2.05) is 6.92 Å². The van der Waals surface area contributed by atoms with Gasteiger partial charge in [-0.15, -0.1) is 0 Å². The van der Waals surface area contributed by atoms with Gasteiger partial charge >= 0.3 is 11.9 Å². The number of rotatable bonds is 25. The number of esters is 1. The van der Waals surface area contributed by atoms with Gasteiger partial charge in [-0.1, -0.05) is 142 Å². The molecule has 0 atom stereocenters. The van der Waals surface area contributed by atoms with Gasteiger partial charge in [0.15, 0.2) is 0 Å². The van der Waals surface area contributed by atoms with Gasteiger partial charge in [-0.05, 0) is 19.8 Å². The molecule has 1 N–H and O–H groups in total. The van der Waals surface area contributed by atoms with E-state index in [4.69, 9.17) is 9.84 Å². The molecule has 0 saturated carbocycles. The first-order chi connectivity index (χ1) is 16.6. The molecule has 4 heteroatoms. The van der Waals surface area contributed by atoms with Gasteiger partial charge in [0, 0.05) is 12.8 Å². The molecule has 0 saturated heterocycles. The maximum absolute atomic E-state index is 11.1. The topological polar surface area (TPSA) is 63.6 Å². The van der Waals surface area contributed by atoms with Crippen molar-refractivity contribution in [2.24, 2.45) is 0 Å². The Kier molecular flexibility index (Phi) is 33.0. The number of aliphatic carboxylic acids is 1. The van der Waals surface area contributed by atoms with E-state index >= 15 is 0 Å². The molecule has 0 bridgehead atoms. The number of hydrogen-bond donors (Lipinski definition) is 1. The van der Waals surface area contributed by atoms with Crippen LogP contribution >= 0.6 is 0 Å². The summed E-state index contributed by atoms with van der Waals surface area (Å²) in [5.74, 6) is -0.690. The molecule has 204 valence electrons. The van der Waals surface area contributed by atoms with Gasteiger partial charge in [0.2, 0.25) is 0 Å². The average molecular weight is 485 g/mol. The van der Waals surface area contributed by atoms with Gasteiger partial charge in [-0.2, -0.15) is 0 Å². The van der Waals surface area contributed by atoms with Crippen LogP contribution in [-0.4, -0.2) is 23.7 Å². The Morgan fingerprint density at radius 3 is 1.06 bits per heavy atom. The summed E-state index contributed by atoms with van der Waals surface area (Å²) in [6.45, 7) is 6.88. The van der Waals surface area contributed by atoms with Crippen molar-refractivity contribution in [2.75, 3.05) is 6.61 Å². The highest BCUT2D eigenvalue weighted by Gasteiger charge is 2.00. The van der Waals surface area contributed by atoms with Crippen LogP contribution in [0.4, 0.5) is 0 Å². The summed E-state index contributed by atoms with van der Waals surface area (Å²) in [5.41, 5.74) is 0. The fraction of sp³-hybridized carbons (Fsp3) is 0.933. The molecule has 0 aliphatic carbocycles. The Morgan fingerprint density at radius 2 is 0.765 bits per heavy atom. The molecule has 0 rings (SSSR count). The van der Waals surface area contributed by atoms with E-state index in [1.54, 1.807) is 0 Å². The predicted molar refractivity (Wildman–Crippen MR) is 146 cm³/mol. The summed E-state index contributed by atoms with van der Waals surface area (Å²) >= 11 is 0. The van der Waals surface area contributed by atoms with Crippen molar-refractivity contribution in [2.45, 2.75) is 175 Å². The van der Waals surface area contributed by atoms with Crippen molar-refractivity contribution < 1.29 is 19.4 Å². The van der Waals surface area contributed by atoms with Crippen LogP contribution in [0.25, 0.3) is 0 Å². The van der Waals surface area contributed by atoms with Crippen LogP contribution in [0, 0.1) is 0 Å². The molecular weight excluding hydrogens is 424 g/mol. The third-order valence-corrected chi connectivity index (χ3v) is 6.28. The lowest BCUT2D eigenvalue weighted by Crippen LogP contribution is -2.03. The van der Waals surface area contributed by atoms with Crippen molar-refractivity contribution in [1.29, 1.82) is 0 Å². The van der Waals surface area contributed by atoms with Crippen LogP contribution < -0.4 is 0 Å². The van der Waals surface area contributed by atoms with E-state index in [0.29, 0.717) is 19.4 Å². The number of ether oxygens (including phenoxy) is 1. The van der Waals surface area contributed by atoms with E-state index < -0.39 is 5.97 Å². The number of carbonyl (C=O) groups is 2. The first kappa shape index (κ1) is 35.1. The van der Waals surface area contributed by atoms with Crippen LogP contribution in [0.2, 0.25) is 0 Å². The average Bonchev–Trinajstić information content (AvgIpc) is 2.81. The van der Waals surface area contributed by atoms with Crippen molar-refractivity contribution >= 4 is 11.9 Å². The van der Waals surface area contributed by atoms with Crippen molar-refractivity contribution in [3.05, 3.63) is 0 Å². The van der Waals surface area contributed by atoms with Gasteiger partial charge in [-0.25, -0.2) is 0 Å². The largest absolute Gasteiger partial charge is 0.481 e. The quantitative estimate of drug-likeness (QED) is 0.103. The van der Waals surface area contributed by atoms with Gasteiger partial charge in [0.25, 0.3) is 0 Å². The van der Waals surface area contributed by atoms with Gasteiger partial charge in [0.05, 0.1) is 6.61 Å². The van der Waals surface area contributed by atoms with E-state index in [-0.39, 0.29) is 5.97 Å². The second-order valence-corrected chi connectivity index (χ2v) is 9.77. The van der Waals surface area contributed by atoms with E-state index in [2.05, 4.69) is 13.8 Å². The maximum atomic E-state index is 11.1. The standard InChI is InChI=1S/C16H32O2.C14H28O2/c1-3-5-6-7-8-9-10-11-12-13-14-15-16(17)18-4-2;1-2-3-4-5-6-7-8-9-10-11-12-13-14(15)16/h3-15H2,1-2H3;2-13H2,1H3,(H,15,16). The molecule has 0 amide bonds. The van der Waals surface area contributed by atoms with Crippen LogP contribution in [0.1, 0.15) is 175 Å². The molecule has 0 spiro atoms. The predicted octanol–water partition coefficient (Wildman–Crippen LogP) is 10.0. The second-order valence-electron chi connectivity index (χ2n) is 9.77. The summed E-state index contributed by atoms with van der Waals surface area (Å²) in [4.78, 5) is 21.3. The van der Waals surface area contributed by atoms with Crippen LogP contribution in [0.3, 0.4) is 0 Å². The van der Waals surface area contributed by atoms with Gasteiger partial charge < -0.3 is 9.84 Å². The van der Waals surface area contributed by atoms with Crippen molar-refractivity contribution in [3.63, 3.8) is 0 Å². The summed E-state index contributed by atoms with van der Waals surface area (Å²) in [6.07, 6.45) is 29.5. The molecule has 34 heavy (non-hydrogen) atoms. The molecule has 0 unspecified atom stereocenters. The van der Waals surface area contributed by atoms with Crippen LogP contribution in [-0.2, 0) is 14.3 Å². The maximum Gasteiger partial charge on any atom is 0.305 e. The normalized spacial score (nSPS) is 10.6. The SMILES string of the molecule is CCCCCCCCCCCCCC(=O)O.CCCCCCCCCCCCCC(=O)OCC. The van der Waals surface area contributed by atoms with E-state index in [0.717, 1.165) is 19.3 Å². The molecule has 0 aromatic heterocycles.